The van der Waals surface area contributed by atoms with Crippen molar-refractivity contribution in [3.8, 4) is 0 Å². The molecule has 1 aromatic carbocycles. The SMILES string of the molecule is CC(CC(=O)O)CC(=O)c1ccc(N(C)C=O)cc1. The molecule has 0 aromatic heterocycles. The molecule has 1 N–H and O–H groups in total. The van der Waals surface area contributed by atoms with Crippen LogP contribution < -0.4 is 4.90 Å². The number of rotatable bonds is 7. The summed E-state index contributed by atoms with van der Waals surface area (Å²) in [6.45, 7) is 1.74. The molecule has 0 saturated heterocycles. The fourth-order valence-electron chi connectivity index (χ4n) is 1.75. The number of carbonyl (C=O) groups excluding carboxylic acids is 2. The first kappa shape index (κ1) is 14.9. The molecular formula is C14H17NO4. The second-order valence-electron chi connectivity index (χ2n) is 4.59. The quantitative estimate of drug-likeness (QED) is 0.602. The minimum Gasteiger partial charge on any atom is -0.481 e. The Morgan fingerprint density at radius 2 is 1.84 bits per heavy atom. The molecule has 5 heteroatoms. The first-order chi connectivity index (χ1) is 8.93. The Balaban J connectivity index is 2.67. The van der Waals surface area contributed by atoms with E-state index in [1.165, 1.54) is 4.90 Å². The van der Waals surface area contributed by atoms with Crippen LogP contribution >= 0.6 is 0 Å². The number of aliphatic carboxylic acids is 1. The summed E-state index contributed by atoms with van der Waals surface area (Å²) in [5.41, 5.74) is 1.23. The molecule has 0 bridgehead atoms. The number of hydrogen-bond acceptors (Lipinski definition) is 3. The van der Waals surface area contributed by atoms with Gasteiger partial charge in [0.15, 0.2) is 5.78 Å². The van der Waals surface area contributed by atoms with Gasteiger partial charge in [0.05, 0.1) is 0 Å². The number of Topliss-reactive ketones (excluding diaryl/α,β-unsaturated/α-hetero) is 1. The van der Waals surface area contributed by atoms with Crippen molar-refractivity contribution in [3.05, 3.63) is 29.8 Å². The Labute approximate surface area is 111 Å². The number of carboxylic acids is 1. The van der Waals surface area contributed by atoms with Crippen molar-refractivity contribution < 1.29 is 19.5 Å². The molecule has 0 aliphatic carbocycles. The van der Waals surface area contributed by atoms with Crippen LogP contribution in [-0.4, -0.2) is 30.3 Å². The van der Waals surface area contributed by atoms with E-state index < -0.39 is 5.97 Å². The van der Waals surface area contributed by atoms with Gasteiger partial charge >= 0.3 is 5.97 Å². The van der Waals surface area contributed by atoms with E-state index in [1.807, 2.05) is 0 Å². The third kappa shape index (κ3) is 4.54. The maximum Gasteiger partial charge on any atom is 0.303 e. The van der Waals surface area contributed by atoms with Gasteiger partial charge in [0.1, 0.15) is 0 Å². The lowest BCUT2D eigenvalue weighted by Gasteiger charge is -2.11. The van der Waals surface area contributed by atoms with E-state index in [0.29, 0.717) is 17.7 Å². The van der Waals surface area contributed by atoms with Crippen LogP contribution in [0.2, 0.25) is 0 Å². The zero-order chi connectivity index (χ0) is 14.4. The zero-order valence-corrected chi connectivity index (χ0v) is 11.0. The van der Waals surface area contributed by atoms with Crippen LogP contribution in [0.5, 0.6) is 0 Å². The van der Waals surface area contributed by atoms with Crippen molar-refractivity contribution >= 4 is 23.9 Å². The van der Waals surface area contributed by atoms with Gasteiger partial charge in [0.2, 0.25) is 6.41 Å². The number of benzene rings is 1. The zero-order valence-electron chi connectivity index (χ0n) is 11.0. The van der Waals surface area contributed by atoms with Crippen molar-refractivity contribution in [1.29, 1.82) is 0 Å². The molecule has 0 radical (unpaired) electrons. The fourth-order valence-corrected chi connectivity index (χ4v) is 1.75. The molecule has 5 nitrogen and oxygen atoms in total. The monoisotopic (exact) mass is 263 g/mol. The van der Waals surface area contributed by atoms with E-state index in [4.69, 9.17) is 5.11 Å². The van der Waals surface area contributed by atoms with E-state index in [1.54, 1.807) is 38.2 Å². The number of hydrogen-bond donors (Lipinski definition) is 1. The maximum absolute atomic E-state index is 11.9. The van der Waals surface area contributed by atoms with Gasteiger partial charge in [0, 0.05) is 31.1 Å². The van der Waals surface area contributed by atoms with Crippen LogP contribution in [-0.2, 0) is 9.59 Å². The Morgan fingerprint density at radius 3 is 2.32 bits per heavy atom. The third-order valence-electron chi connectivity index (χ3n) is 2.81. The van der Waals surface area contributed by atoms with Gasteiger partial charge in [0.25, 0.3) is 0 Å². The van der Waals surface area contributed by atoms with Crippen LogP contribution in [0.3, 0.4) is 0 Å². The van der Waals surface area contributed by atoms with Gasteiger partial charge in [-0.05, 0) is 30.2 Å². The first-order valence-corrected chi connectivity index (χ1v) is 5.97. The molecular weight excluding hydrogens is 246 g/mol. The molecule has 1 unspecified atom stereocenters. The normalized spacial score (nSPS) is 11.7. The van der Waals surface area contributed by atoms with Crippen molar-refractivity contribution in [2.24, 2.45) is 5.92 Å². The summed E-state index contributed by atoms with van der Waals surface area (Å²) in [7, 11) is 1.62. The highest BCUT2D eigenvalue weighted by Gasteiger charge is 2.14. The molecule has 102 valence electrons. The average molecular weight is 263 g/mol. The smallest absolute Gasteiger partial charge is 0.303 e. The standard InChI is InChI=1S/C14H17NO4/c1-10(8-14(18)19)7-13(17)11-3-5-12(6-4-11)15(2)9-16/h3-6,9-10H,7-8H2,1-2H3,(H,18,19). The number of anilines is 1. The van der Waals surface area contributed by atoms with E-state index in [-0.39, 0.29) is 24.5 Å². The van der Waals surface area contributed by atoms with Crippen molar-refractivity contribution in [2.45, 2.75) is 19.8 Å². The molecule has 0 heterocycles. The molecule has 1 rings (SSSR count). The minimum absolute atomic E-state index is 0.0162. The summed E-state index contributed by atoms with van der Waals surface area (Å²) in [5.74, 6) is -1.18. The second kappa shape index (κ2) is 6.68. The summed E-state index contributed by atoms with van der Waals surface area (Å²) in [4.78, 5) is 34.4. The predicted octanol–water partition coefficient (Wildman–Crippen LogP) is 1.96. The minimum atomic E-state index is -0.900. The van der Waals surface area contributed by atoms with Gasteiger partial charge in [-0.2, -0.15) is 0 Å². The van der Waals surface area contributed by atoms with Crippen molar-refractivity contribution in [1.82, 2.24) is 0 Å². The molecule has 1 amide bonds. The fraction of sp³-hybridized carbons (Fsp3) is 0.357. The van der Waals surface area contributed by atoms with E-state index >= 15 is 0 Å². The van der Waals surface area contributed by atoms with Crippen LogP contribution in [0.15, 0.2) is 24.3 Å². The first-order valence-electron chi connectivity index (χ1n) is 5.97. The third-order valence-corrected chi connectivity index (χ3v) is 2.81. The van der Waals surface area contributed by atoms with Gasteiger partial charge < -0.3 is 10.0 Å². The second-order valence-corrected chi connectivity index (χ2v) is 4.59. The lowest BCUT2D eigenvalue weighted by atomic mass is 9.97. The summed E-state index contributed by atoms with van der Waals surface area (Å²) in [6.07, 6.45) is 0.874. The highest BCUT2D eigenvalue weighted by molar-refractivity contribution is 5.96. The lowest BCUT2D eigenvalue weighted by Crippen LogP contribution is -2.14. The molecule has 19 heavy (non-hydrogen) atoms. The Hall–Kier alpha value is -2.17. The molecule has 1 atom stereocenters. The van der Waals surface area contributed by atoms with Crippen LogP contribution in [0.25, 0.3) is 0 Å². The van der Waals surface area contributed by atoms with E-state index in [0.717, 1.165) is 0 Å². The molecule has 1 aromatic rings. The van der Waals surface area contributed by atoms with Crippen LogP contribution in [0.4, 0.5) is 5.69 Å². The molecule has 0 saturated carbocycles. The largest absolute Gasteiger partial charge is 0.481 e. The number of ketones is 1. The highest BCUT2D eigenvalue weighted by atomic mass is 16.4. The van der Waals surface area contributed by atoms with Gasteiger partial charge in [-0.3, -0.25) is 14.4 Å². The number of amides is 1. The van der Waals surface area contributed by atoms with E-state index in [9.17, 15) is 14.4 Å². The number of carboxylic acid groups (broad SMARTS) is 1. The number of carbonyl (C=O) groups is 3. The van der Waals surface area contributed by atoms with Gasteiger partial charge in [-0.25, -0.2) is 0 Å². The number of nitrogens with zero attached hydrogens (tertiary/aromatic N) is 1. The Kier molecular flexibility index (Phi) is 5.23. The average Bonchev–Trinajstić information content (AvgIpc) is 2.36. The van der Waals surface area contributed by atoms with Gasteiger partial charge in [-0.1, -0.05) is 6.92 Å². The van der Waals surface area contributed by atoms with Crippen LogP contribution in [0.1, 0.15) is 30.1 Å². The lowest BCUT2D eigenvalue weighted by molar-refractivity contribution is -0.137. The van der Waals surface area contributed by atoms with E-state index in [2.05, 4.69) is 0 Å². The van der Waals surface area contributed by atoms with Crippen molar-refractivity contribution in [2.75, 3.05) is 11.9 Å². The molecule has 0 aliphatic rings. The topological polar surface area (TPSA) is 74.7 Å². The highest BCUT2D eigenvalue weighted by Crippen LogP contribution is 2.16. The van der Waals surface area contributed by atoms with Gasteiger partial charge in [-0.15, -0.1) is 0 Å². The Bertz CT molecular complexity index is 467. The predicted molar refractivity (Wildman–Crippen MR) is 71.3 cm³/mol. The van der Waals surface area contributed by atoms with Crippen LogP contribution in [0, 0.1) is 5.92 Å². The summed E-state index contributed by atoms with van der Waals surface area (Å²) in [6, 6.07) is 6.66. The summed E-state index contributed by atoms with van der Waals surface area (Å²) in [5, 5.41) is 8.64. The Morgan fingerprint density at radius 1 is 1.26 bits per heavy atom. The molecule has 0 aliphatic heterocycles. The molecule has 0 spiro atoms. The molecule has 0 fully saturated rings. The van der Waals surface area contributed by atoms with Crippen molar-refractivity contribution in [3.63, 3.8) is 0 Å². The summed E-state index contributed by atoms with van der Waals surface area (Å²) >= 11 is 0. The maximum atomic E-state index is 11.9. The summed E-state index contributed by atoms with van der Waals surface area (Å²) < 4.78 is 0.